The van der Waals surface area contributed by atoms with Crippen molar-refractivity contribution in [3.63, 3.8) is 0 Å². The van der Waals surface area contributed by atoms with Crippen molar-refractivity contribution in [2.45, 2.75) is 25.8 Å². The van der Waals surface area contributed by atoms with Crippen LogP contribution in [-0.4, -0.2) is 10.1 Å². The molecule has 1 N–H and O–H groups in total. The van der Waals surface area contributed by atoms with Crippen LogP contribution in [-0.2, 0) is 12.5 Å². The second-order valence-corrected chi connectivity index (χ2v) is 3.14. The predicted molar refractivity (Wildman–Crippen MR) is 49.4 cm³/mol. The number of alkyl halides is 3. The number of halogens is 3. The molecule has 5 heteroatoms. The molecule has 0 bridgehead atoms. The summed E-state index contributed by atoms with van der Waals surface area (Å²) in [6.45, 7) is 1.17. The third-order valence-electron chi connectivity index (χ3n) is 1.95. The van der Waals surface area contributed by atoms with E-state index in [4.69, 9.17) is 16.7 Å². The Kier molecular flexibility index (Phi) is 3.77. The number of aromatic nitrogens is 1. The zero-order chi connectivity index (χ0) is 10.7. The van der Waals surface area contributed by atoms with Crippen LogP contribution in [0.2, 0.25) is 0 Å². The average Bonchev–Trinajstić information content (AvgIpc) is 2.17. The molecule has 0 spiro atoms. The van der Waals surface area contributed by atoms with Crippen LogP contribution < -0.4 is 0 Å². The third-order valence-corrected chi connectivity index (χ3v) is 2.24. The van der Waals surface area contributed by atoms with Gasteiger partial charge in [0.1, 0.15) is 5.69 Å². The topological polar surface area (TPSA) is 33.1 Å². The second-order valence-electron chi connectivity index (χ2n) is 2.87. The third kappa shape index (κ3) is 2.19. The van der Waals surface area contributed by atoms with Crippen LogP contribution in [0.5, 0.6) is 0 Å². The molecular weight excluding hydrogens is 212 g/mol. The van der Waals surface area contributed by atoms with E-state index in [1.54, 1.807) is 6.92 Å². The van der Waals surface area contributed by atoms with Crippen molar-refractivity contribution in [3.05, 3.63) is 28.6 Å². The SMILES string of the molecule is Cc1nc(C(F)F)c(CO)cc1CCl. The molecule has 0 aliphatic rings. The summed E-state index contributed by atoms with van der Waals surface area (Å²) in [6, 6.07) is 1.47. The number of aryl methyl sites for hydroxylation is 1. The summed E-state index contributed by atoms with van der Waals surface area (Å²) < 4.78 is 24.8. The van der Waals surface area contributed by atoms with Crippen LogP contribution in [0.4, 0.5) is 8.78 Å². The van der Waals surface area contributed by atoms with Gasteiger partial charge >= 0.3 is 0 Å². The molecule has 0 fully saturated rings. The molecular formula is C9H10ClF2NO. The van der Waals surface area contributed by atoms with Gasteiger partial charge in [-0.15, -0.1) is 11.6 Å². The smallest absolute Gasteiger partial charge is 0.280 e. The molecule has 1 aromatic heterocycles. The fourth-order valence-electron chi connectivity index (χ4n) is 1.16. The average molecular weight is 222 g/mol. The Morgan fingerprint density at radius 2 is 2.14 bits per heavy atom. The zero-order valence-corrected chi connectivity index (χ0v) is 8.35. The van der Waals surface area contributed by atoms with Crippen molar-refractivity contribution < 1.29 is 13.9 Å². The van der Waals surface area contributed by atoms with Crippen molar-refractivity contribution >= 4 is 11.6 Å². The molecule has 0 atom stereocenters. The van der Waals surface area contributed by atoms with Gasteiger partial charge in [-0.05, 0) is 18.6 Å². The summed E-state index contributed by atoms with van der Waals surface area (Å²) >= 11 is 5.58. The number of nitrogens with zero attached hydrogens (tertiary/aromatic N) is 1. The molecule has 1 heterocycles. The van der Waals surface area contributed by atoms with Gasteiger partial charge in [-0.2, -0.15) is 0 Å². The highest BCUT2D eigenvalue weighted by molar-refractivity contribution is 6.17. The minimum Gasteiger partial charge on any atom is -0.392 e. The van der Waals surface area contributed by atoms with E-state index >= 15 is 0 Å². The highest BCUT2D eigenvalue weighted by atomic mass is 35.5. The molecule has 14 heavy (non-hydrogen) atoms. The minimum absolute atomic E-state index is 0.140. The first-order valence-corrected chi connectivity index (χ1v) is 4.57. The van der Waals surface area contributed by atoms with E-state index < -0.39 is 13.0 Å². The maximum absolute atomic E-state index is 12.4. The molecule has 1 aromatic rings. The molecule has 0 unspecified atom stereocenters. The largest absolute Gasteiger partial charge is 0.392 e. The first kappa shape index (κ1) is 11.3. The van der Waals surface area contributed by atoms with E-state index in [1.807, 2.05) is 0 Å². The number of pyridine rings is 1. The number of hydrogen-bond acceptors (Lipinski definition) is 2. The summed E-state index contributed by atoms with van der Waals surface area (Å²) in [5.41, 5.74) is 0.924. The maximum atomic E-state index is 12.4. The summed E-state index contributed by atoms with van der Waals surface area (Å²) in [7, 11) is 0. The van der Waals surface area contributed by atoms with Gasteiger partial charge < -0.3 is 5.11 Å². The molecule has 0 saturated carbocycles. The fraction of sp³-hybridized carbons (Fsp3) is 0.444. The number of rotatable bonds is 3. The van der Waals surface area contributed by atoms with E-state index in [0.717, 1.165) is 0 Å². The molecule has 0 amide bonds. The maximum Gasteiger partial charge on any atom is 0.280 e. The molecule has 2 nitrogen and oxygen atoms in total. The Balaban J connectivity index is 3.24. The number of aliphatic hydroxyl groups is 1. The van der Waals surface area contributed by atoms with Crippen LogP contribution in [0.1, 0.15) is 28.9 Å². The summed E-state index contributed by atoms with van der Waals surface area (Å²) in [5, 5.41) is 8.86. The zero-order valence-electron chi connectivity index (χ0n) is 7.60. The van der Waals surface area contributed by atoms with Gasteiger partial charge in [0.05, 0.1) is 6.61 Å². The van der Waals surface area contributed by atoms with Gasteiger partial charge in [0, 0.05) is 17.1 Å². The van der Waals surface area contributed by atoms with Gasteiger partial charge in [0.25, 0.3) is 6.43 Å². The lowest BCUT2D eigenvalue weighted by molar-refractivity contribution is 0.141. The molecule has 0 aromatic carbocycles. The van der Waals surface area contributed by atoms with Gasteiger partial charge in [0.15, 0.2) is 0 Å². The highest BCUT2D eigenvalue weighted by Gasteiger charge is 2.16. The van der Waals surface area contributed by atoms with Crippen LogP contribution >= 0.6 is 11.6 Å². The first-order valence-electron chi connectivity index (χ1n) is 4.04. The fourth-order valence-corrected chi connectivity index (χ4v) is 1.43. The Morgan fingerprint density at radius 3 is 2.57 bits per heavy atom. The molecule has 1 rings (SSSR count). The standard InChI is InChI=1S/C9H10ClF2NO/c1-5-6(3-10)2-7(4-14)8(13-5)9(11)12/h2,9,14H,3-4H2,1H3. The van der Waals surface area contributed by atoms with Gasteiger partial charge in [-0.3, -0.25) is 4.98 Å². The van der Waals surface area contributed by atoms with Crippen LogP contribution in [0.3, 0.4) is 0 Å². The van der Waals surface area contributed by atoms with E-state index in [1.165, 1.54) is 6.07 Å². The second kappa shape index (κ2) is 4.66. The molecule has 0 saturated heterocycles. The van der Waals surface area contributed by atoms with E-state index in [0.29, 0.717) is 11.3 Å². The lowest BCUT2D eigenvalue weighted by atomic mass is 10.1. The molecule has 0 aliphatic carbocycles. The van der Waals surface area contributed by atoms with E-state index in [2.05, 4.69) is 4.98 Å². The Labute approximate surface area is 85.5 Å². The minimum atomic E-state index is -2.67. The van der Waals surface area contributed by atoms with Crippen molar-refractivity contribution in [1.29, 1.82) is 0 Å². The summed E-state index contributed by atoms with van der Waals surface area (Å²) in [6.07, 6.45) is -2.67. The predicted octanol–water partition coefficient (Wildman–Crippen LogP) is 2.56. The molecule has 78 valence electrons. The summed E-state index contributed by atoms with van der Waals surface area (Å²) in [4.78, 5) is 3.72. The summed E-state index contributed by atoms with van der Waals surface area (Å²) in [5.74, 6) is 0.204. The van der Waals surface area contributed by atoms with Gasteiger partial charge in [-0.1, -0.05) is 0 Å². The quantitative estimate of drug-likeness (QED) is 0.796. The Morgan fingerprint density at radius 1 is 1.50 bits per heavy atom. The molecule has 0 radical (unpaired) electrons. The van der Waals surface area contributed by atoms with Crippen LogP contribution in [0, 0.1) is 6.92 Å². The lowest BCUT2D eigenvalue weighted by Crippen LogP contribution is -2.03. The normalized spacial score (nSPS) is 11.0. The Bertz CT molecular complexity index is 331. The van der Waals surface area contributed by atoms with Gasteiger partial charge in [-0.25, -0.2) is 8.78 Å². The number of aliphatic hydroxyl groups excluding tert-OH is 1. The van der Waals surface area contributed by atoms with Crippen LogP contribution in [0.15, 0.2) is 6.07 Å². The first-order chi connectivity index (χ1) is 6.60. The highest BCUT2D eigenvalue weighted by Crippen LogP contribution is 2.23. The van der Waals surface area contributed by atoms with E-state index in [9.17, 15) is 8.78 Å². The number of hydrogen-bond donors (Lipinski definition) is 1. The monoisotopic (exact) mass is 221 g/mol. The Hall–Kier alpha value is -0.740. The molecule has 0 aliphatic heterocycles. The van der Waals surface area contributed by atoms with E-state index in [-0.39, 0.29) is 17.1 Å². The van der Waals surface area contributed by atoms with Crippen molar-refractivity contribution in [2.75, 3.05) is 0 Å². The van der Waals surface area contributed by atoms with Crippen LogP contribution in [0.25, 0.3) is 0 Å². The van der Waals surface area contributed by atoms with Gasteiger partial charge in [0.2, 0.25) is 0 Å². The van der Waals surface area contributed by atoms with Crippen molar-refractivity contribution in [1.82, 2.24) is 4.98 Å². The van der Waals surface area contributed by atoms with Crippen molar-refractivity contribution in [2.24, 2.45) is 0 Å². The van der Waals surface area contributed by atoms with Crippen molar-refractivity contribution in [3.8, 4) is 0 Å². The lowest BCUT2D eigenvalue weighted by Gasteiger charge is -2.09.